The molecule has 26 heavy (non-hydrogen) atoms. The molecule has 2 aliphatic heterocycles. The van der Waals surface area contributed by atoms with Crippen LogP contribution in [0, 0.1) is 22.0 Å². The number of amides is 1. The van der Waals surface area contributed by atoms with Crippen LogP contribution in [0.1, 0.15) is 30.1 Å². The van der Waals surface area contributed by atoms with Crippen molar-refractivity contribution in [1.29, 1.82) is 0 Å². The van der Waals surface area contributed by atoms with Crippen LogP contribution in [0.2, 0.25) is 0 Å². The number of nitrogens with one attached hydrogen (secondary N) is 2. The molecule has 2 aliphatic rings. The Hall–Kier alpha value is -2.19. The summed E-state index contributed by atoms with van der Waals surface area (Å²) in [6, 6.07) is 4.67. The molecule has 3 rings (SSSR count). The summed E-state index contributed by atoms with van der Waals surface area (Å²) in [5.41, 5.74) is 0.814. The second-order valence-electron chi connectivity index (χ2n) is 7.35. The van der Waals surface area contributed by atoms with E-state index in [2.05, 4.69) is 17.6 Å². The molecule has 8 nitrogen and oxygen atoms in total. The van der Waals surface area contributed by atoms with Crippen LogP contribution in [0.25, 0.3) is 0 Å². The lowest BCUT2D eigenvalue weighted by atomic mass is 9.99. The summed E-state index contributed by atoms with van der Waals surface area (Å²) in [5.74, 6) is 0.103. The number of hydrogen-bond acceptors (Lipinski definition) is 6. The van der Waals surface area contributed by atoms with Gasteiger partial charge in [-0.05, 0) is 30.9 Å². The molecule has 8 heteroatoms. The number of aliphatic hydroxyl groups is 1. The summed E-state index contributed by atoms with van der Waals surface area (Å²) in [6.07, 6.45) is 1.67. The van der Waals surface area contributed by atoms with Gasteiger partial charge >= 0.3 is 0 Å². The smallest absolute Gasteiger partial charge is 0.293 e. The van der Waals surface area contributed by atoms with E-state index in [1.54, 1.807) is 12.1 Å². The standard InChI is InChI=1S/C18H26N4O4/c1-12-3-2-6-21(11-12)15-5-4-13(7-16(15)22(25)26)18(24)20-9-14-8-19-10-17(14)23/h4-5,7,12,14,17,19,23H,2-3,6,8-11H2,1H3,(H,20,24). The van der Waals surface area contributed by atoms with E-state index in [1.807, 2.05) is 4.90 Å². The number of β-amino-alcohol motifs (C(OH)–C–C–N with tert-alkyl or cyclic N) is 1. The van der Waals surface area contributed by atoms with Gasteiger partial charge in [-0.25, -0.2) is 0 Å². The van der Waals surface area contributed by atoms with Crippen LogP contribution in [0.3, 0.4) is 0 Å². The third-order valence-corrected chi connectivity index (χ3v) is 5.26. The molecule has 2 saturated heterocycles. The zero-order valence-electron chi connectivity index (χ0n) is 15.0. The van der Waals surface area contributed by atoms with E-state index < -0.39 is 11.0 Å². The summed E-state index contributed by atoms with van der Waals surface area (Å²) in [7, 11) is 0. The largest absolute Gasteiger partial charge is 0.391 e. The molecule has 1 aromatic carbocycles. The molecule has 0 spiro atoms. The lowest BCUT2D eigenvalue weighted by molar-refractivity contribution is -0.384. The third kappa shape index (κ3) is 4.13. The molecular weight excluding hydrogens is 336 g/mol. The van der Waals surface area contributed by atoms with Crippen molar-refractivity contribution in [1.82, 2.24) is 10.6 Å². The van der Waals surface area contributed by atoms with E-state index in [1.165, 1.54) is 6.07 Å². The summed E-state index contributed by atoms with van der Waals surface area (Å²) in [4.78, 5) is 25.5. The highest BCUT2D eigenvalue weighted by Crippen LogP contribution is 2.32. The SMILES string of the molecule is CC1CCCN(c2ccc(C(=O)NCC3CNCC3O)cc2[N+](=O)[O-])C1. The van der Waals surface area contributed by atoms with Crippen LogP contribution in [-0.4, -0.2) is 54.8 Å². The Balaban J connectivity index is 1.73. The number of rotatable bonds is 5. The molecule has 0 aliphatic carbocycles. The van der Waals surface area contributed by atoms with Crippen LogP contribution < -0.4 is 15.5 Å². The molecule has 1 aromatic rings. The zero-order valence-corrected chi connectivity index (χ0v) is 15.0. The first-order valence-electron chi connectivity index (χ1n) is 9.16. The van der Waals surface area contributed by atoms with Gasteiger partial charge in [0.05, 0.1) is 11.0 Å². The fraction of sp³-hybridized carbons (Fsp3) is 0.611. The monoisotopic (exact) mass is 362 g/mol. The molecule has 2 heterocycles. The highest BCUT2D eigenvalue weighted by atomic mass is 16.6. The Kier molecular flexibility index (Phi) is 5.73. The van der Waals surface area contributed by atoms with Gasteiger partial charge in [-0.2, -0.15) is 0 Å². The molecule has 1 amide bonds. The summed E-state index contributed by atoms with van der Waals surface area (Å²) >= 11 is 0. The van der Waals surface area contributed by atoms with Gasteiger partial charge in [0.25, 0.3) is 11.6 Å². The van der Waals surface area contributed by atoms with Crippen molar-refractivity contribution in [3.63, 3.8) is 0 Å². The normalized spacial score (nSPS) is 25.9. The van der Waals surface area contributed by atoms with Gasteiger partial charge < -0.3 is 20.6 Å². The summed E-state index contributed by atoms with van der Waals surface area (Å²) in [5, 5.41) is 27.1. The number of nitro groups is 1. The fourth-order valence-corrected chi connectivity index (χ4v) is 3.74. The van der Waals surface area contributed by atoms with Crippen LogP contribution in [-0.2, 0) is 0 Å². The Bertz CT molecular complexity index is 681. The van der Waals surface area contributed by atoms with E-state index >= 15 is 0 Å². The molecule has 0 aromatic heterocycles. The van der Waals surface area contributed by atoms with Gasteiger partial charge in [-0.15, -0.1) is 0 Å². The number of aliphatic hydroxyl groups excluding tert-OH is 1. The molecule has 0 radical (unpaired) electrons. The molecule has 3 atom stereocenters. The number of nitrogens with zero attached hydrogens (tertiary/aromatic N) is 2. The van der Waals surface area contributed by atoms with Crippen LogP contribution in [0.15, 0.2) is 18.2 Å². The Labute approximate surface area is 152 Å². The van der Waals surface area contributed by atoms with Crippen LogP contribution >= 0.6 is 0 Å². The number of carbonyl (C=O) groups is 1. The van der Waals surface area contributed by atoms with Crippen LogP contribution in [0.5, 0.6) is 0 Å². The average Bonchev–Trinajstić information content (AvgIpc) is 3.04. The topological polar surface area (TPSA) is 108 Å². The Morgan fingerprint density at radius 1 is 1.46 bits per heavy atom. The maximum atomic E-state index is 12.4. The number of benzene rings is 1. The molecule has 142 valence electrons. The van der Waals surface area contributed by atoms with E-state index in [0.717, 1.165) is 25.9 Å². The molecule has 2 fully saturated rings. The quantitative estimate of drug-likeness (QED) is 0.536. The number of nitro benzene ring substituents is 1. The fourth-order valence-electron chi connectivity index (χ4n) is 3.74. The predicted molar refractivity (Wildman–Crippen MR) is 98.4 cm³/mol. The number of piperidine rings is 1. The van der Waals surface area contributed by atoms with E-state index in [4.69, 9.17) is 0 Å². The molecular formula is C18H26N4O4. The minimum atomic E-state index is -0.479. The lowest BCUT2D eigenvalue weighted by Crippen LogP contribution is -2.35. The zero-order chi connectivity index (χ0) is 18.7. The van der Waals surface area contributed by atoms with Gasteiger partial charge in [0.2, 0.25) is 0 Å². The lowest BCUT2D eigenvalue weighted by Gasteiger charge is -2.32. The van der Waals surface area contributed by atoms with Crippen molar-refractivity contribution < 1.29 is 14.8 Å². The second-order valence-corrected chi connectivity index (χ2v) is 7.35. The van der Waals surface area contributed by atoms with Crippen molar-refractivity contribution in [3.05, 3.63) is 33.9 Å². The van der Waals surface area contributed by atoms with Crippen molar-refractivity contribution in [3.8, 4) is 0 Å². The molecule has 0 bridgehead atoms. The summed E-state index contributed by atoms with van der Waals surface area (Å²) < 4.78 is 0. The van der Waals surface area contributed by atoms with Gasteiger partial charge in [0, 0.05) is 50.3 Å². The number of hydrogen-bond donors (Lipinski definition) is 3. The van der Waals surface area contributed by atoms with Gasteiger partial charge in [0.15, 0.2) is 0 Å². The minimum absolute atomic E-state index is 0.0330. The first kappa shape index (κ1) is 18.6. The van der Waals surface area contributed by atoms with Gasteiger partial charge in [-0.1, -0.05) is 6.92 Å². The highest BCUT2D eigenvalue weighted by Gasteiger charge is 2.27. The Morgan fingerprint density at radius 2 is 2.27 bits per heavy atom. The van der Waals surface area contributed by atoms with Crippen molar-refractivity contribution >= 4 is 17.3 Å². The first-order valence-corrected chi connectivity index (χ1v) is 9.16. The molecule has 0 saturated carbocycles. The van der Waals surface area contributed by atoms with Gasteiger partial charge in [-0.3, -0.25) is 14.9 Å². The average molecular weight is 362 g/mol. The van der Waals surface area contributed by atoms with E-state index in [-0.39, 0.29) is 23.1 Å². The third-order valence-electron chi connectivity index (χ3n) is 5.26. The van der Waals surface area contributed by atoms with Gasteiger partial charge in [0.1, 0.15) is 5.69 Å². The predicted octanol–water partition coefficient (Wildman–Crippen LogP) is 1.14. The van der Waals surface area contributed by atoms with E-state index in [9.17, 15) is 20.0 Å². The molecule has 3 N–H and O–H groups in total. The first-order chi connectivity index (χ1) is 12.5. The van der Waals surface area contributed by atoms with Crippen molar-refractivity contribution in [2.45, 2.75) is 25.9 Å². The summed E-state index contributed by atoms with van der Waals surface area (Å²) in [6.45, 7) is 5.24. The number of carbonyl (C=O) groups excluding carboxylic acids is 1. The van der Waals surface area contributed by atoms with Crippen molar-refractivity contribution in [2.75, 3.05) is 37.6 Å². The maximum Gasteiger partial charge on any atom is 0.293 e. The minimum Gasteiger partial charge on any atom is -0.391 e. The number of anilines is 1. The molecule has 3 unspecified atom stereocenters. The highest BCUT2D eigenvalue weighted by molar-refractivity contribution is 5.95. The van der Waals surface area contributed by atoms with E-state index in [0.29, 0.717) is 31.2 Å². The Morgan fingerprint density at radius 3 is 2.92 bits per heavy atom. The van der Waals surface area contributed by atoms with Crippen LogP contribution in [0.4, 0.5) is 11.4 Å². The second kappa shape index (κ2) is 8.01. The van der Waals surface area contributed by atoms with Crippen molar-refractivity contribution in [2.24, 2.45) is 11.8 Å². The maximum absolute atomic E-state index is 12.4.